The molecular formula is C9H11ClN2O. The molecule has 0 atom stereocenters. The third-order valence-electron chi connectivity index (χ3n) is 2.55. The van der Waals surface area contributed by atoms with E-state index in [-0.39, 0.29) is 5.41 Å². The molecule has 1 aliphatic carbocycles. The largest absolute Gasteiger partial charge is 0.304 e. The molecule has 1 saturated carbocycles. The van der Waals surface area contributed by atoms with Crippen molar-refractivity contribution in [2.45, 2.75) is 18.3 Å². The molecule has 2 rings (SSSR count). The fourth-order valence-corrected chi connectivity index (χ4v) is 1.63. The monoisotopic (exact) mass is 198 g/mol. The molecule has 0 aliphatic heterocycles. The summed E-state index contributed by atoms with van der Waals surface area (Å²) in [4.78, 5) is 8.73. The van der Waals surface area contributed by atoms with E-state index in [2.05, 4.69) is 4.98 Å². The smallest absolute Gasteiger partial charge is 0.129 e. The lowest BCUT2D eigenvalue weighted by molar-refractivity contribution is 0.116. The summed E-state index contributed by atoms with van der Waals surface area (Å²) < 4.78 is 0. The van der Waals surface area contributed by atoms with Gasteiger partial charge in [-0.1, -0.05) is 17.7 Å². The second-order valence-corrected chi connectivity index (χ2v) is 3.85. The van der Waals surface area contributed by atoms with Crippen molar-refractivity contribution in [1.82, 2.24) is 4.98 Å². The van der Waals surface area contributed by atoms with Crippen LogP contribution in [-0.4, -0.2) is 11.6 Å². The summed E-state index contributed by atoms with van der Waals surface area (Å²) in [5.41, 5.74) is 1.29. The Morgan fingerprint density at radius 1 is 1.54 bits per heavy atom. The van der Waals surface area contributed by atoms with Crippen molar-refractivity contribution in [3.05, 3.63) is 29.0 Å². The average Bonchev–Trinajstić information content (AvgIpc) is 2.87. The van der Waals surface area contributed by atoms with Crippen LogP contribution >= 0.6 is 11.6 Å². The van der Waals surface area contributed by atoms with Gasteiger partial charge in [-0.3, -0.25) is 0 Å². The summed E-state index contributed by atoms with van der Waals surface area (Å²) >= 11 is 5.69. The van der Waals surface area contributed by atoms with Gasteiger partial charge in [-0.2, -0.15) is 0 Å². The maximum Gasteiger partial charge on any atom is 0.129 e. The summed E-state index contributed by atoms with van der Waals surface area (Å²) in [5, 5.41) is 0.521. The van der Waals surface area contributed by atoms with E-state index >= 15 is 0 Å². The molecule has 1 aromatic rings. The number of rotatable bonds is 3. The number of nitrogens with two attached hydrogens (primary N) is 1. The van der Waals surface area contributed by atoms with Crippen LogP contribution in [0.1, 0.15) is 18.4 Å². The molecule has 1 heterocycles. The van der Waals surface area contributed by atoms with Crippen LogP contribution in [0, 0.1) is 0 Å². The van der Waals surface area contributed by atoms with Crippen molar-refractivity contribution in [1.29, 1.82) is 0 Å². The first-order valence-electron chi connectivity index (χ1n) is 4.21. The predicted molar refractivity (Wildman–Crippen MR) is 50.3 cm³/mol. The van der Waals surface area contributed by atoms with Gasteiger partial charge in [0.15, 0.2) is 0 Å². The molecule has 70 valence electrons. The highest BCUT2D eigenvalue weighted by atomic mass is 35.5. The molecule has 4 heteroatoms. The molecule has 2 N–H and O–H groups in total. The van der Waals surface area contributed by atoms with Crippen molar-refractivity contribution in [2.75, 3.05) is 6.61 Å². The normalized spacial score (nSPS) is 18.6. The molecule has 3 nitrogen and oxygen atoms in total. The first-order valence-corrected chi connectivity index (χ1v) is 4.58. The van der Waals surface area contributed by atoms with Crippen LogP contribution in [0.2, 0.25) is 5.15 Å². The van der Waals surface area contributed by atoms with E-state index in [1.807, 2.05) is 6.07 Å². The minimum absolute atomic E-state index is 0.117. The molecule has 0 bridgehead atoms. The quantitative estimate of drug-likeness (QED) is 0.594. The van der Waals surface area contributed by atoms with Gasteiger partial charge in [0, 0.05) is 11.6 Å². The molecule has 0 unspecified atom stereocenters. The molecule has 1 fully saturated rings. The topological polar surface area (TPSA) is 48.1 Å². The van der Waals surface area contributed by atoms with Gasteiger partial charge >= 0.3 is 0 Å². The van der Waals surface area contributed by atoms with Gasteiger partial charge in [-0.15, -0.1) is 0 Å². The molecule has 0 saturated heterocycles. The zero-order valence-corrected chi connectivity index (χ0v) is 7.92. The van der Waals surface area contributed by atoms with E-state index in [0.29, 0.717) is 11.8 Å². The van der Waals surface area contributed by atoms with E-state index in [1.165, 1.54) is 5.56 Å². The Hall–Kier alpha value is -0.640. The van der Waals surface area contributed by atoms with Crippen LogP contribution in [0.5, 0.6) is 0 Å². The average molecular weight is 199 g/mol. The minimum Gasteiger partial charge on any atom is -0.304 e. The molecule has 0 spiro atoms. The lowest BCUT2D eigenvalue weighted by Gasteiger charge is -2.12. The maximum atomic E-state index is 5.69. The van der Waals surface area contributed by atoms with Gasteiger partial charge in [0.2, 0.25) is 0 Å². The van der Waals surface area contributed by atoms with Crippen molar-refractivity contribution < 1.29 is 4.84 Å². The van der Waals surface area contributed by atoms with Crippen LogP contribution < -0.4 is 5.90 Å². The fraction of sp³-hybridized carbons (Fsp3) is 0.444. The maximum absolute atomic E-state index is 5.69. The van der Waals surface area contributed by atoms with Gasteiger partial charge < -0.3 is 4.84 Å². The second kappa shape index (κ2) is 3.25. The Balaban J connectivity index is 2.20. The van der Waals surface area contributed by atoms with E-state index in [1.54, 1.807) is 12.3 Å². The number of aromatic nitrogens is 1. The first kappa shape index (κ1) is 8.94. The van der Waals surface area contributed by atoms with E-state index in [0.717, 1.165) is 12.8 Å². The van der Waals surface area contributed by atoms with Gasteiger partial charge in [-0.25, -0.2) is 10.9 Å². The Morgan fingerprint density at radius 3 is 2.77 bits per heavy atom. The first-order chi connectivity index (χ1) is 6.27. The highest BCUT2D eigenvalue weighted by Gasteiger charge is 2.44. The van der Waals surface area contributed by atoms with Crippen molar-refractivity contribution in [3.63, 3.8) is 0 Å². The number of nitrogens with zero attached hydrogens (tertiary/aromatic N) is 1. The SMILES string of the molecule is NOCC1(c2ccc(Cl)nc2)CC1. The van der Waals surface area contributed by atoms with Gasteiger partial charge in [-0.05, 0) is 24.5 Å². The molecule has 0 amide bonds. The highest BCUT2D eigenvalue weighted by molar-refractivity contribution is 6.29. The minimum atomic E-state index is 0.117. The summed E-state index contributed by atoms with van der Waals surface area (Å²) in [7, 11) is 0. The molecule has 1 aliphatic rings. The van der Waals surface area contributed by atoms with Crippen molar-refractivity contribution in [2.24, 2.45) is 5.90 Å². The number of pyridine rings is 1. The van der Waals surface area contributed by atoms with Gasteiger partial charge in [0.05, 0.1) is 6.61 Å². The summed E-state index contributed by atoms with van der Waals surface area (Å²) in [6.07, 6.45) is 4.04. The highest BCUT2D eigenvalue weighted by Crippen LogP contribution is 2.47. The third-order valence-corrected chi connectivity index (χ3v) is 2.78. The Morgan fingerprint density at radius 2 is 2.31 bits per heavy atom. The van der Waals surface area contributed by atoms with Crippen LogP contribution in [0.25, 0.3) is 0 Å². The Labute approximate surface area is 81.8 Å². The summed E-state index contributed by atoms with van der Waals surface area (Å²) in [6.45, 7) is 0.566. The van der Waals surface area contributed by atoms with E-state index in [4.69, 9.17) is 22.3 Å². The number of hydrogen-bond acceptors (Lipinski definition) is 3. The van der Waals surface area contributed by atoms with Gasteiger partial charge in [0.25, 0.3) is 0 Å². The fourth-order valence-electron chi connectivity index (χ4n) is 1.52. The van der Waals surface area contributed by atoms with Gasteiger partial charge in [0.1, 0.15) is 5.15 Å². The number of hydrogen-bond donors (Lipinski definition) is 1. The molecular weight excluding hydrogens is 188 g/mol. The van der Waals surface area contributed by atoms with Crippen LogP contribution in [0.3, 0.4) is 0 Å². The standard InChI is InChI=1S/C9H11ClN2O/c10-8-2-1-7(5-12-8)9(3-4-9)6-13-11/h1-2,5H,3-4,6,11H2. The van der Waals surface area contributed by atoms with Crippen molar-refractivity contribution in [3.8, 4) is 0 Å². The predicted octanol–water partition coefficient (Wildman–Crippen LogP) is 1.66. The third kappa shape index (κ3) is 1.68. The molecule has 13 heavy (non-hydrogen) atoms. The summed E-state index contributed by atoms with van der Waals surface area (Å²) in [6, 6.07) is 3.79. The molecule has 0 radical (unpaired) electrons. The van der Waals surface area contributed by atoms with Crippen LogP contribution in [0.15, 0.2) is 18.3 Å². The lowest BCUT2D eigenvalue weighted by Crippen LogP contribution is -2.18. The van der Waals surface area contributed by atoms with Crippen LogP contribution in [0.4, 0.5) is 0 Å². The lowest BCUT2D eigenvalue weighted by atomic mass is 9.99. The van der Waals surface area contributed by atoms with Crippen molar-refractivity contribution >= 4 is 11.6 Å². The van der Waals surface area contributed by atoms with Crippen LogP contribution in [-0.2, 0) is 10.3 Å². The summed E-state index contributed by atoms with van der Waals surface area (Å²) in [5.74, 6) is 5.08. The Kier molecular flexibility index (Phi) is 2.24. The van der Waals surface area contributed by atoms with E-state index in [9.17, 15) is 0 Å². The Bertz CT molecular complexity index is 295. The zero-order chi connectivity index (χ0) is 9.31. The number of halogens is 1. The molecule has 0 aromatic carbocycles. The van der Waals surface area contributed by atoms with E-state index < -0.39 is 0 Å². The molecule has 1 aromatic heterocycles. The zero-order valence-electron chi connectivity index (χ0n) is 7.16. The second-order valence-electron chi connectivity index (χ2n) is 3.46.